The van der Waals surface area contributed by atoms with Crippen molar-refractivity contribution in [2.45, 2.75) is 39.5 Å². The molecule has 1 atom stereocenters. The van der Waals surface area contributed by atoms with E-state index in [9.17, 15) is 4.79 Å². The molecule has 6 heteroatoms. The third-order valence-electron chi connectivity index (χ3n) is 6.79. The molecule has 4 aromatic rings. The van der Waals surface area contributed by atoms with E-state index < -0.39 is 0 Å². The Morgan fingerprint density at radius 1 is 0.854 bits per heavy atom. The summed E-state index contributed by atoms with van der Waals surface area (Å²) in [7, 11) is 0. The summed E-state index contributed by atoms with van der Waals surface area (Å²) >= 11 is 0. The molecule has 0 saturated heterocycles. The van der Waals surface area contributed by atoms with Gasteiger partial charge in [-0.05, 0) is 80.5 Å². The lowest BCUT2D eigenvalue weighted by Gasteiger charge is -2.16. The van der Waals surface area contributed by atoms with Crippen molar-refractivity contribution in [3.8, 4) is 17.0 Å². The SMILES string of the molecule is CCOC(=O)C(CCCc1ccccc1)Cc1ccc(OCCON=C(C)c2ccc(-c3ccccn3)cc2)cc1. The minimum Gasteiger partial charge on any atom is -0.490 e. The van der Waals surface area contributed by atoms with E-state index in [1.165, 1.54) is 5.56 Å². The second-order valence-corrected chi connectivity index (χ2v) is 9.83. The van der Waals surface area contributed by atoms with Crippen LogP contribution in [0.4, 0.5) is 0 Å². The highest BCUT2D eigenvalue weighted by molar-refractivity contribution is 5.98. The minimum absolute atomic E-state index is 0.127. The Balaban J connectivity index is 1.20. The predicted octanol–water partition coefficient (Wildman–Crippen LogP) is 7.31. The van der Waals surface area contributed by atoms with Crippen LogP contribution in [0.3, 0.4) is 0 Å². The van der Waals surface area contributed by atoms with Crippen LogP contribution in [-0.2, 0) is 27.2 Å². The van der Waals surface area contributed by atoms with E-state index in [1.54, 1.807) is 6.20 Å². The fraction of sp³-hybridized carbons (Fsp3) is 0.286. The molecule has 0 N–H and O–H groups in total. The van der Waals surface area contributed by atoms with Crippen molar-refractivity contribution in [3.05, 3.63) is 120 Å². The van der Waals surface area contributed by atoms with Crippen molar-refractivity contribution in [1.29, 1.82) is 0 Å². The Labute approximate surface area is 243 Å². The fourth-order valence-electron chi connectivity index (χ4n) is 4.57. The lowest BCUT2D eigenvalue weighted by atomic mass is 9.93. The summed E-state index contributed by atoms with van der Waals surface area (Å²) in [5, 5.41) is 4.23. The van der Waals surface area contributed by atoms with E-state index in [2.05, 4.69) is 22.3 Å². The second kappa shape index (κ2) is 16.0. The average Bonchev–Trinajstić information content (AvgIpc) is 3.02. The van der Waals surface area contributed by atoms with Gasteiger partial charge < -0.3 is 14.3 Å². The van der Waals surface area contributed by atoms with Crippen molar-refractivity contribution >= 4 is 11.7 Å². The molecule has 6 nitrogen and oxygen atoms in total. The third-order valence-corrected chi connectivity index (χ3v) is 6.79. The standard InChI is InChI=1S/C35H38N2O4/c1-3-39-35(38)32(13-9-12-28-10-5-4-6-11-28)26-29-15-21-33(22-16-29)40-24-25-41-37-27(2)30-17-19-31(20-18-30)34-14-7-8-23-36-34/h4-8,10-11,14-23,32H,3,9,12-13,24-26H2,1-2H3. The summed E-state index contributed by atoms with van der Waals surface area (Å²) < 4.78 is 11.2. The minimum atomic E-state index is -0.161. The fourth-order valence-corrected chi connectivity index (χ4v) is 4.57. The normalized spacial score (nSPS) is 12.0. The summed E-state index contributed by atoms with van der Waals surface area (Å²) in [6.45, 7) is 4.87. The number of esters is 1. The first-order valence-electron chi connectivity index (χ1n) is 14.2. The van der Waals surface area contributed by atoms with Crippen molar-refractivity contribution in [3.63, 3.8) is 0 Å². The van der Waals surface area contributed by atoms with Gasteiger partial charge in [-0.1, -0.05) is 78.0 Å². The van der Waals surface area contributed by atoms with Gasteiger partial charge in [0, 0.05) is 11.8 Å². The van der Waals surface area contributed by atoms with Gasteiger partial charge >= 0.3 is 5.97 Å². The van der Waals surface area contributed by atoms with Gasteiger partial charge in [-0.2, -0.15) is 0 Å². The molecule has 4 rings (SSSR count). The van der Waals surface area contributed by atoms with E-state index in [0.29, 0.717) is 26.2 Å². The Morgan fingerprint density at radius 2 is 1.61 bits per heavy atom. The molecule has 0 amide bonds. The topological polar surface area (TPSA) is 70.0 Å². The summed E-state index contributed by atoms with van der Waals surface area (Å²) in [6.07, 6.45) is 5.11. The molecule has 41 heavy (non-hydrogen) atoms. The molecular formula is C35H38N2O4. The predicted molar refractivity (Wildman–Crippen MR) is 163 cm³/mol. The molecule has 0 radical (unpaired) electrons. The molecule has 1 heterocycles. The molecule has 0 aliphatic carbocycles. The van der Waals surface area contributed by atoms with Crippen LogP contribution >= 0.6 is 0 Å². The number of hydrogen-bond donors (Lipinski definition) is 0. The first kappa shape index (κ1) is 29.5. The first-order valence-corrected chi connectivity index (χ1v) is 14.2. The van der Waals surface area contributed by atoms with Gasteiger partial charge in [0.25, 0.3) is 0 Å². The van der Waals surface area contributed by atoms with Crippen LogP contribution in [0.15, 0.2) is 108 Å². The van der Waals surface area contributed by atoms with E-state index >= 15 is 0 Å². The third kappa shape index (κ3) is 9.60. The maximum Gasteiger partial charge on any atom is 0.309 e. The van der Waals surface area contributed by atoms with E-state index in [-0.39, 0.29) is 11.9 Å². The van der Waals surface area contributed by atoms with Gasteiger partial charge in [-0.3, -0.25) is 9.78 Å². The van der Waals surface area contributed by atoms with Crippen LogP contribution in [-0.4, -0.2) is 36.5 Å². The van der Waals surface area contributed by atoms with Crippen molar-refractivity contribution in [2.24, 2.45) is 11.1 Å². The molecule has 0 aliphatic rings. The number of rotatable bonds is 15. The number of aromatic nitrogens is 1. The number of carbonyl (C=O) groups is 1. The number of benzene rings is 3. The largest absolute Gasteiger partial charge is 0.490 e. The van der Waals surface area contributed by atoms with Crippen LogP contribution in [0.25, 0.3) is 11.3 Å². The summed E-state index contributed by atoms with van der Waals surface area (Å²) in [5.41, 5.74) is 6.15. The van der Waals surface area contributed by atoms with Gasteiger partial charge in [0.05, 0.1) is 23.9 Å². The quantitative estimate of drug-likeness (QED) is 0.0672. The van der Waals surface area contributed by atoms with Gasteiger partial charge in [0.15, 0.2) is 6.61 Å². The lowest BCUT2D eigenvalue weighted by Crippen LogP contribution is -2.20. The second-order valence-electron chi connectivity index (χ2n) is 9.83. The molecule has 3 aromatic carbocycles. The molecule has 1 aromatic heterocycles. The van der Waals surface area contributed by atoms with Gasteiger partial charge in [-0.15, -0.1) is 0 Å². The first-order chi connectivity index (χ1) is 20.1. The lowest BCUT2D eigenvalue weighted by molar-refractivity contribution is -0.148. The summed E-state index contributed by atoms with van der Waals surface area (Å²) in [4.78, 5) is 22.5. The maximum absolute atomic E-state index is 12.6. The monoisotopic (exact) mass is 550 g/mol. The van der Waals surface area contributed by atoms with Crippen molar-refractivity contribution < 1.29 is 19.1 Å². The Hall–Kier alpha value is -4.45. The molecule has 0 bridgehead atoms. The maximum atomic E-state index is 12.6. The summed E-state index contributed by atoms with van der Waals surface area (Å²) in [5.74, 6) is 0.462. The Morgan fingerprint density at radius 3 is 2.32 bits per heavy atom. The molecular weight excluding hydrogens is 512 g/mol. The highest BCUT2D eigenvalue weighted by atomic mass is 16.6. The van der Waals surface area contributed by atoms with Gasteiger partial charge in [-0.25, -0.2) is 0 Å². The zero-order valence-electron chi connectivity index (χ0n) is 23.9. The number of oxime groups is 1. The van der Waals surface area contributed by atoms with E-state index in [0.717, 1.165) is 53.1 Å². The number of pyridine rings is 1. The Bertz CT molecular complexity index is 1360. The van der Waals surface area contributed by atoms with E-state index in [1.807, 2.05) is 98.8 Å². The molecule has 212 valence electrons. The molecule has 0 spiro atoms. The summed E-state index contributed by atoms with van der Waals surface area (Å²) in [6, 6.07) is 32.2. The number of ether oxygens (including phenoxy) is 2. The van der Waals surface area contributed by atoms with Crippen molar-refractivity contribution in [2.75, 3.05) is 19.8 Å². The molecule has 0 aliphatic heterocycles. The van der Waals surface area contributed by atoms with Crippen LogP contribution in [0.5, 0.6) is 5.75 Å². The molecule has 0 saturated carbocycles. The van der Waals surface area contributed by atoms with E-state index in [4.69, 9.17) is 14.3 Å². The van der Waals surface area contributed by atoms with Gasteiger partial charge in [0.1, 0.15) is 12.4 Å². The highest BCUT2D eigenvalue weighted by Gasteiger charge is 2.20. The smallest absolute Gasteiger partial charge is 0.309 e. The van der Waals surface area contributed by atoms with Gasteiger partial charge in [0.2, 0.25) is 0 Å². The number of carbonyl (C=O) groups excluding carboxylic acids is 1. The van der Waals surface area contributed by atoms with Crippen LogP contribution < -0.4 is 4.74 Å². The number of nitrogens with zero attached hydrogens (tertiary/aromatic N) is 2. The van der Waals surface area contributed by atoms with Crippen LogP contribution in [0, 0.1) is 5.92 Å². The van der Waals surface area contributed by atoms with Crippen LogP contribution in [0.2, 0.25) is 0 Å². The average molecular weight is 551 g/mol. The molecule has 0 fully saturated rings. The zero-order chi connectivity index (χ0) is 28.7. The van der Waals surface area contributed by atoms with Crippen molar-refractivity contribution in [1.82, 2.24) is 4.98 Å². The Kier molecular flexibility index (Phi) is 11.5. The van der Waals surface area contributed by atoms with Crippen LogP contribution in [0.1, 0.15) is 43.4 Å². The highest BCUT2D eigenvalue weighted by Crippen LogP contribution is 2.21. The molecule has 1 unspecified atom stereocenters. The number of hydrogen-bond acceptors (Lipinski definition) is 6. The number of aryl methyl sites for hydroxylation is 1. The zero-order valence-corrected chi connectivity index (χ0v) is 23.9.